The van der Waals surface area contributed by atoms with E-state index in [1.807, 2.05) is 37.6 Å². The summed E-state index contributed by atoms with van der Waals surface area (Å²) in [5.41, 5.74) is -1.86. The van der Waals surface area contributed by atoms with E-state index in [-0.39, 0.29) is 104 Å². The summed E-state index contributed by atoms with van der Waals surface area (Å²) in [6.45, 7) is 5.14. The molecule has 6 aromatic rings. The van der Waals surface area contributed by atoms with Gasteiger partial charge in [0.05, 0.1) is 28.5 Å². The summed E-state index contributed by atoms with van der Waals surface area (Å²) < 4.78 is 56.1. The number of carbonyl (C=O) groups is 8. The van der Waals surface area contributed by atoms with Gasteiger partial charge in [-0.25, -0.2) is 13.1 Å². The molecule has 0 aromatic heterocycles. The first-order valence-corrected chi connectivity index (χ1v) is 40.2. The van der Waals surface area contributed by atoms with Crippen LogP contribution in [0.2, 0.25) is 5.02 Å². The number of aryl methyl sites for hydroxylation is 1. The van der Waals surface area contributed by atoms with Crippen molar-refractivity contribution in [3.8, 4) is 62.9 Å². The SMILES string of the molecule is CN[C@H](CC(C)C)C(=O)N[C@H]1C(=O)N[C@@H](CC(=O)NS(=O)(=O)c2ccc(OCCN(C)C)cc2)C(=O)N[C@H]2C(=O)N[C@H]3C(=O)N[C@H](C(=O)N[C@H](C(=O)NC4C5CC6CC(C5)CC4C6)c4cc(O)cc(O)c4-c4cc3ccc4O)[C@H](O)c3ccc(c(Cl)c3)Oc3cc2cc(c3O[C@@H]2C[C@H](CO)[C@@H](O)[C@H](O)[C@H]2O)Oc2ccc(cc2C)[C@H]1O. The molecule has 35 heteroatoms. The van der Waals surface area contributed by atoms with Crippen molar-refractivity contribution in [1.82, 2.24) is 52.2 Å². The van der Waals surface area contributed by atoms with Gasteiger partial charge in [0.2, 0.25) is 53.0 Å². The van der Waals surface area contributed by atoms with Crippen molar-refractivity contribution in [2.24, 2.45) is 35.5 Å². The minimum Gasteiger partial charge on any atom is -0.508 e. The molecule has 5 aliphatic carbocycles. The number of hydrogen-bond acceptors (Lipinski definition) is 25. The molecule has 18 N–H and O–H groups in total. The minimum absolute atomic E-state index is 0.0654. The predicted octanol–water partition coefficient (Wildman–Crippen LogP) is 3.00. The molecule has 5 aliphatic heterocycles. The van der Waals surface area contributed by atoms with Crippen LogP contribution >= 0.6 is 11.6 Å². The summed E-state index contributed by atoms with van der Waals surface area (Å²) in [5, 5.41) is 127. The summed E-state index contributed by atoms with van der Waals surface area (Å²) in [4.78, 5) is 125. The Morgan fingerprint density at radius 1 is 0.647 bits per heavy atom. The summed E-state index contributed by atoms with van der Waals surface area (Å²) >= 11 is 7.19. The van der Waals surface area contributed by atoms with Crippen LogP contribution in [0.3, 0.4) is 0 Å². The number of hydrogen-bond donors (Lipinski definition) is 18. The first kappa shape index (κ1) is 83.5. The monoisotopic (exact) mass is 1640 g/mol. The second-order valence-corrected chi connectivity index (χ2v) is 33.9. The van der Waals surface area contributed by atoms with Gasteiger partial charge in [0, 0.05) is 42.3 Å². The smallest absolute Gasteiger partial charge is 0.264 e. The zero-order valence-corrected chi connectivity index (χ0v) is 65.7. The van der Waals surface area contributed by atoms with E-state index in [0.717, 1.165) is 92.8 Å². The lowest BCUT2D eigenvalue weighted by Gasteiger charge is -2.54. The molecule has 15 bridgehead atoms. The van der Waals surface area contributed by atoms with Crippen molar-refractivity contribution in [3.05, 3.63) is 142 Å². The first-order valence-electron chi connectivity index (χ1n) is 38.4. The van der Waals surface area contributed by atoms with E-state index in [4.69, 9.17) is 30.5 Å². The zero-order chi connectivity index (χ0) is 83.2. The van der Waals surface area contributed by atoms with Crippen LogP contribution in [0.15, 0.2) is 108 Å². The lowest BCUT2D eigenvalue weighted by Crippen LogP contribution is -2.59. The molecule has 10 aliphatic rings. The van der Waals surface area contributed by atoms with Crippen LogP contribution in [0.1, 0.15) is 129 Å². The number of aliphatic hydroxyl groups is 6. The van der Waals surface area contributed by atoms with Crippen LogP contribution in [0.5, 0.6) is 51.7 Å². The standard InChI is InChI=1S/C81H95ClN10O23S/c1-35(2)19-52(83-4)75(103)89-67-69(98)40-8-15-56(36(3)20-40)113-59-28-44-29-60(74(59)115-58-30-45(34-93)71(100)73(102)72(58)101)114-57-16-9-41(27-51(57)82)70(99)68-81(109)88-66(79(107)85-63-42-22-37-21-38(24-42)25-43(63)23-37)50-31-46(94)32-55(96)62(50)49-26-39(7-14-54(49)95)64(77(105)90-68)87-78(106)65(44)86-76(104)53(84-80(67)108)33-61(97)91-116(110,111)48-12-10-47(11-13-48)112-18-17-92(5)6/h7-16,20,26-29,31-32,35,37-38,42-43,45,52-53,58,63-73,83,93-96,98-102H,17-19,21-25,30,33-34H2,1-6H3,(H,84,108)(H,85,107)(H,86,104)(H,87,106)(H,88,109)(H,89,103)(H,90,105)(H,91,97)/t37?,38?,42?,43?,45-,52-,53+,58-,63?,64-,65-,66+,67-,68+,69-,70-,71-,72+,73+/m1/s1. The Kier molecular flexibility index (Phi) is 24.8. The number of amides is 8. The Morgan fingerprint density at radius 3 is 1.91 bits per heavy atom. The van der Waals surface area contributed by atoms with Gasteiger partial charge >= 0.3 is 0 Å². The average molecular weight is 1640 g/mol. The van der Waals surface area contributed by atoms with Gasteiger partial charge in [-0.15, -0.1) is 0 Å². The number of halogens is 1. The number of fused-ring (bicyclic) bond motifs is 15. The van der Waals surface area contributed by atoms with Gasteiger partial charge in [-0.05, 0) is 215 Å². The maximum absolute atomic E-state index is 16.5. The van der Waals surface area contributed by atoms with Crippen LogP contribution in [-0.2, 0) is 48.4 Å². The van der Waals surface area contributed by atoms with Crippen LogP contribution in [0.4, 0.5) is 0 Å². The molecule has 0 spiro atoms. The van der Waals surface area contributed by atoms with Gasteiger partial charge in [0.1, 0.15) is 108 Å². The Hall–Kier alpha value is -10.4. The molecule has 8 amide bonds. The number of rotatable bonds is 18. The number of ether oxygens (including phenoxy) is 4. The maximum Gasteiger partial charge on any atom is 0.264 e. The van der Waals surface area contributed by atoms with E-state index in [9.17, 15) is 64.0 Å². The number of carbonyl (C=O) groups excluding carboxylic acids is 8. The molecule has 6 aromatic carbocycles. The second kappa shape index (κ2) is 34.4. The maximum atomic E-state index is 16.5. The number of sulfonamides is 1. The third-order valence-electron chi connectivity index (χ3n) is 22.9. The number of nitrogens with zero attached hydrogens (tertiary/aromatic N) is 1. The Balaban J connectivity index is 0.996. The van der Waals surface area contributed by atoms with Crippen molar-refractivity contribution < 1.29 is 112 Å². The Bertz CT molecular complexity index is 4890. The van der Waals surface area contributed by atoms with Crippen molar-refractivity contribution in [1.29, 1.82) is 0 Å². The predicted molar refractivity (Wildman–Crippen MR) is 414 cm³/mol. The number of aliphatic hydroxyl groups excluding tert-OH is 6. The van der Waals surface area contributed by atoms with E-state index in [2.05, 4.69) is 42.5 Å². The Morgan fingerprint density at radius 2 is 1.28 bits per heavy atom. The molecule has 16 rings (SSSR count). The van der Waals surface area contributed by atoms with Crippen molar-refractivity contribution in [3.63, 3.8) is 0 Å². The molecule has 0 saturated heterocycles. The molecule has 0 unspecified atom stereocenters. The van der Waals surface area contributed by atoms with Crippen LogP contribution < -0.4 is 66.2 Å². The van der Waals surface area contributed by atoms with Crippen LogP contribution in [0.25, 0.3) is 11.1 Å². The number of likely N-dealkylation sites (N-methyl/N-ethyl adjacent to an activating group) is 2. The van der Waals surface area contributed by atoms with Gasteiger partial charge in [-0.1, -0.05) is 43.6 Å². The number of nitrogens with one attached hydrogen (secondary N) is 9. The van der Waals surface area contributed by atoms with E-state index >= 15 is 28.8 Å². The quantitative estimate of drug-likeness (QED) is 0.0588. The molecule has 0 radical (unpaired) electrons. The lowest BCUT2D eigenvalue weighted by atomic mass is 9.54. The minimum atomic E-state index is -4.88. The molecule has 14 atom stereocenters. The highest BCUT2D eigenvalue weighted by molar-refractivity contribution is 7.90. The highest BCUT2D eigenvalue weighted by atomic mass is 35.5. The number of phenolic OH excluding ortho intramolecular Hbond substituents is 3. The fraction of sp³-hybridized carbons (Fsp3) is 0.457. The topological polar surface area (TPSA) is 501 Å². The van der Waals surface area contributed by atoms with Crippen molar-refractivity contribution >= 4 is 68.9 Å². The van der Waals surface area contributed by atoms with Crippen molar-refractivity contribution in [2.45, 2.75) is 162 Å². The molecule has 33 nitrogen and oxygen atoms in total. The summed E-state index contributed by atoms with van der Waals surface area (Å²) in [6, 6.07) is 5.46. The molecule has 5 saturated carbocycles. The normalized spacial score (nSPS) is 28.0. The van der Waals surface area contributed by atoms with E-state index in [0.29, 0.717) is 18.4 Å². The van der Waals surface area contributed by atoms with Gasteiger partial charge in [-0.3, -0.25) is 38.4 Å². The summed E-state index contributed by atoms with van der Waals surface area (Å²) in [6.07, 6.45) is -8.49. The molecule has 5 fully saturated rings. The summed E-state index contributed by atoms with van der Waals surface area (Å²) in [5.74, 6) is -14.0. The van der Waals surface area contributed by atoms with Crippen molar-refractivity contribution in [2.75, 3.05) is 40.9 Å². The summed E-state index contributed by atoms with van der Waals surface area (Å²) in [7, 11) is 0.239. The fourth-order valence-corrected chi connectivity index (χ4v) is 18.3. The number of phenols is 3. The third-order valence-corrected chi connectivity index (χ3v) is 24.6. The van der Waals surface area contributed by atoms with Crippen LogP contribution in [0, 0.1) is 42.4 Å². The number of benzene rings is 6. The molecule has 5 heterocycles. The molecular weight excluding hydrogens is 1550 g/mol. The fourth-order valence-electron chi connectivity index (χ4n) is 17.1. The highest BCUT2D eigenvalue weighted by Crippen LogP contribution is 2.55. The van der Waals surface area contributed by atoms with Gasteiger partial charge in [-0.2, -0.15) is 0 Å². The Labute approximate surface area is 672 Å². The molecular formula is C81H95ClN10O23S. The zero-order valence-electron chi connectivity index (χ0n) is 64.1. The van der Waals surface area contributed by atoms with Gasteiger partial charge in [0.25, 0.3) is 10.0 Å². The molecule has 116 heavy (non-hydrogen) atoms. The van der Waals surface area contributed by atoms with E-state index < -0.39 is 200 Å². The van der Waals surface area contributed by atoms with Crippen LogP contribution in [-0.4, -0.2) is 202 Å². The second-order valence-electron chi connectivity index (χ2n) is 31.8. The van der Waals surface area contributed by atoms with E-state index in [1.54, 1.807) is 0 Å². The van der Waals surface area contributed by atoms with Gasteiger partial charge in [0.15, 0.2) is 11.5 Å². The highest BCUT2D eigenvalue weighted by Gasteiger charge is 2.51. The van der Waals surface area contributed by atoms with Gasteiger partial charge < -0.3 is 112 Å². The average Bonchev–Trinajstić information content (AvgIpc) is 0.757. The first-order chi connectivity index (χ1) is 55.1. The third kappa shape index (κ3) is 17.8. The number of aromatic hydroxyl groups is 3. The largest absolute Gasteiger partial charge is 0.508 e. The molecule has 620 valence electrons. The lowest BCUT2D eigenvalue weighted by molar-refractivity contribution is -0.157. The van der Waals surface area contributed by atoms with E-state index in [1.165, 1.54) is 56.4 Å².